The standard InChI is InChI=1S/C26H31N5O2S/c1-5-6-7-10-17-34-26-27-24(33)23-21-11-8-9-12-22(21)30(18(2)32)25(31(23)28-26)19-13-15-20(16-14-19)29(3)4/h8-9,11-16,25H,5-7,10,17H2,1-4H3/p+1/t25-/m0/s1. The highest BCUT2D eigenvalue weighted by atomic mass is 32.2. The van der Waals surface area contributed by atoms with E-state index in [1.165, 1.54) is 12.8 Å². The number of unbranched alkanes of at least 4 members (excludes halogenated alkanes) is 3. The third-order valence-electron chi connectivity index (χ3n) is 6.04. The minimum Gasteiger partial charge on any atom is -0.378 e. The fourth-order valence-electron chi connectivity index (χ4n) is 4.32. The number of thioether (sulfide) groups is 1. The maximum atomic E-state index is 13.3. The fraction of sp³-hybridized carbons (Fsp3) is 0.385. The number of rotatable bonds is 8. The zero-order chi connectivity index (χ0) is 24.2. The molecule has 2 aromatic carbocycles. The first-order valence-corrected chi connectivity index (χ1v) is 12.8. The first kappa shape index (κ1) is 24.0. The molecule has 178 valence electrons. The summed E-state index contributed by atoms with van der Waals surface area (Å²) in [5, 5.41) is 5.43. The van der Waals surface area contributed by atoms with Gasteiger partial charge in [0.15, 0.2) is 0 Å². The van der Waals surface area contributed by atoms with Crippen LogP contribution in [0, 0.1) is 0 Å². The number of fused-ring (bicyclic) bond motifs is 3. The van der Waals surface area contributed by atoms with E-state index >= 15 is 0 Å². The Balaban J connectivity index is 1.83. The number of amides is 1. The Kier molecular flexibility index (Phi) is 7.36. The molecule has 0 radical (unpaired) electrons. The predicted octanol–water partition coefficient (Wildman–Crippen LogP) is 4.38. The number of H-pyrrole nitrogens is 1. The summed E-state index contributed by atoms with van der Waals surface area (Å²) in [5.41, 5.74) is 3.62. The van der Waals surface area contributed by atoms with Crippen molar-refractivity contribution in [1.29, 1.82) is 0 Å². The van der Waals surface area contributed by atoms with Crippen LogP contribution in [0.15, 0.2) is 58.5 Å². The van der Waals surface area contributed by atoms with Gasteiger partial charge < -0.3 is 4.90 Å². The molecule has 4 rings (SSSR count). The van der Waals surface area contributed by atoms with E-state index in [0.29, 0.717) is 22.1 Å². The van der Waals surface area contributed by atoms with Gasteiger partial charge in [0.2, 0.25) is 11.1 Å². The van der Waals surface area contributed by atoms with Crippen LogP contribution in [0.2, 0.25) is 0 Å². The summed E-state index contributed by atoms with van der Waals surface area (Å²) in [6.07, 6.45) is 4.07. The molecule has 1 aliphatic rings. The predicted molar refractivity (Wildman–Crippen MR) is 137 cm³/mol. The Labute approximate surface area is 204 Å². The zero-order valence-corrected chi connectivity index (χ0v) is 21.1. The molecule has 1 N–H and O–H groups in total. The second-order valence-corrected chi connectivity index (χ2v) is 9.81. The Morgan fingerprint density at radius 3 is 2.53 bits per heavy atom. The third kappa shape index (κ3) is 4.73. The van der Waals surface area contributed by atoms with Gasteiger partial charge >= 0.3 is 11.3 Å². The summed E-state index contributed by atoms with van der Waals surface area (Å²) in [6, 6.07) is 15.6. The average molecular weight is 479 g/mol. The molecule has 1 aromatic heterocycles. The van der Waals surface area contributed by atoms with Crippen molar-refractivity contribution in [1.82, 2.24) is 10.1 Å². The van der Waals surface area contributed by atoms with Crippen molar-refractivity contribution in [3.05, 3.63) is 64.4 Å². The summed E-state index contributed by atoms with van der Waals surface area (Å²) in [4.78, 5) is 33.0. The van der Waals surface area contributed by atoms with E-state index in [2.05, 4.69) is 11.9 Å². The molecule has 1 atom stereocenters. The van der Waals surface area contributed by atoms with Crippen LogP contribution in [0.25, 0.3) is 11.3 Å². The van der Waals surface area contributed by atoms with Crippen molar-refractivity contribution in [2.75, 3.05) is 29.6 Å². The number of carbonyl (C=O) groups excluding carboxylic acids is 1. The molecule has 2 heterocycles. The lowest BCUT2D eigenvalue weighted by Gasteiger charge is -2.31. The van der Waals surface area contributed by atoms with Crippen molar-refractivity contribution < 1.29 is 9.48 Å². The van der Waals surface area contributed by atoms with Gasteiger partial charge in [-0.1, -0.05) is 50.1 Å². The molecule has 0 spiro atoms. The number of nitrogens with one attached hydrogen (secondary N) is 1. The van der Waals surface area contributed by atoms with Crippen molar-refractivity contribution in [2.45, 2.75) is 50.9 Å². The maximum absolute atomic E-state index is 13.3. The van der Waals surface area contributed by atoms with E-state index in [1.807, 2.05) is 67.5 Å². The van der Waals surface area contributed by atoms with Gasteiger partial charge in [-0.3, -0.25) is 14.6 Å². The Morgan fingerprint density at radius 2 is 1.85 bits per heavy atom. The molecular formula is C26H32N5O2S+. The molecule has 1 amide bonds. The number of aromatic amines is 1. The van der Waals surface area contributed by atoms with Gasteiger partial charge in [0.1, 0.15) is 0 Å². The summed E-state index contributed by atoms with van der Waals surface area (Å²) in [6.45, 7) is 3.75. The molecule has 0 unspecified atom stereocenters. The van der Waals surface area contributed by atoms with Crippen molar-refractivity contribution in [3.8, 4) is 11.3 Å². The van der Waals surface area contributed by atoms with Gasteiger partial charge in [0.05, 0.1) is 11.3 Å². The largest absolute Gasteiger partial charge is 0.378 e. The lowest BCUT2D eigenvalue weighted by Crippen LogP contribution is -2.60. The smallest absolute Gasteiger partial charge is 0.325 e. The van der Waals surface area contributed by atoms with Gasteiger partial charge in [-0.25, -0.2) is 4.90 Å². The van der Waals surface area contributed by atoms with Crippen LogP contribution < -0.4 is 20.0 Å². The number of carbonyl (C=O) groups is 1. The molecule has 0 bridgehead atoms. The van der Waals surface area contributed by atoms with E-state index in [0.717, 1.165) is 29.8 Å². The topological polar surface area (TPSA) is 73.2 Å². The normalized spacial score (nSPS) is 14.5. The second kappa shape index (κ2) is 10.4. The number of hydrogen-bond acceptors (Lipinski definition) is 5. The molecule has 0 saturated carbocycles. The first-order valence-electron chi connectivity index (χ1n) is 11.8. The van der Waals surface area contributed by atoms with Gasteiger partial charge in [-0.05, 0) is 47.5 Å². The van der Waals surface area contributed by atoms with E-state index < -0.39 is 6.17 Å². The highest BCUT2D eigenvalue weighted by Crippen LogP contribution is 2.37. The summed E-state index contributed by atoms with van der Waals surface area (Å²) >= 11 is 1.55. The molecule has 34 heavy (non-hydrogen) atoms. The van der Waals surface area contributed by atoms with Crippen LogP contribution in [0.3, 0.4) is 0 Å². The Morgan fingerprint density at radius 1 is 1.12 bits per heavy atom. The lowest BCUT2D eigenvalue weighted by molar-refractivity contribution is -0.763. The van der Waals surface area contributed by atoms with Gasteiger partial charge in [-0.2, -0.15) is 0 Å². The average Bonchev–Trinajstić information content (AvgIpc) is 2.82. The van der Waals surface area contributed by atoms with Crippen LogP contribution in [0.4, 0.5) is 11.4 Å². The van der Waals surface area contributed by atoms with Crippen LogP contribution in [0.1, 0.15) is 51.3 Å². The fourth-order valence-corrected chi connectivity index (χ4v) is 5.17. The number of anilines is 2. The summed E-state index contributed by atoms with van der Waals surface area (Å²) < 4.78 is 1.72. The minimum atomic E-state index is -0.555. The Bertz CT molecular complexity index is 1220. The molecular weight excluding hydrogens is 446 g/mol. The molecule has 0 fully saturated rings. The van der Waals surface area contributed by atoms with Gasteiger partial charge in [-0.15, -0.1) is 0 Å². The summed E-state index contributed by atoms with van der Waals surface area (Å²) in [7, 11) is 3.98. The monoisotopic (exact) mass is 478 g/mol. The number of hydrogen-bond donors (Lipinski definition) is 1. The number of aromatic nitrogens is 3. The lowest BCUT2D eigenvalue weighted by atomic mass is 10.0. The van der Waals surface area contributed by atoms with E-state index in [4.69, 9.17) is 5.10 Å². The van der Waals surface area contributed by atoms with Crippen LogP contribution in [0.5, 0.6) is 0 Å². The molecule has 3 aromatic rings. The van der Waals surface area contributed by atoms with E-state index in [9.17, 15) is 9.59 Å². The molecule has 7 nitrogen and oxygen atoms in total. The zero-order valence-electron chi connectivity index (χ0n) is 20.2. The number of nitrogens with zero attached hydrogens (tertiary/aromatic N) is 4. The number of para-hydroxylation sites is 1. The second-order valence-electron chi connectivity index (χ2n) is 8.73. The maximum Gasteiger partial charge on any atom is 0.325 e. The van der Waals surface area contributed by atoms with Gasteiger partial charge in [0, 0.05) is 43.1 Å². The molecule has 1 aliphatic heterocycles. The summed E-state index contributed by atoms with van der Waals surface area (Å²) in [5.74, 6) is 0.778. The van der Waals surface area contributed by atoms with Crippen molar-refractivity contribution in [3.63, 3.8) is 0 Å². The molecule has 8 heteroatoms. The third-order valence-corrected chi connectivity index (χ3v) is 6.99. The van der Waals surface area contributed by atoms with Crippen LogP contribution in [-0.2, 0) is 4.79 Å². The van der Waals surface area contributed by atoms with Gasteiger partial charge in [0.25, 0.3) is 6.17 Å². The van der Waals surface area contributed by atoms with E-state index in [1.54, 1.807) is 28.3 Å². The van der Waals surface area contributed by atoms with Crippen LogP contribution in [-0.4, -0.2) is 35.8 Å². The van der Waals surface area contributed by atoms with Crippen molar-refractivity contribution >= 4 is 29.0 Å². The number of benzene rings is 2. The highest BCUT2D eigenvalue weighted by Gasteiger charge is 2.44. The first-order chi connectivity index (χ1) is 16.4. The molecule has 0 aliphatic carbocycles. The van der Waals surface area contributed by atoms with Crippen LogP contribution >= 0.6 is 11.8 Å². The highest BCUT2D eigenvalue weighted by molar-refractivity contribution is 7.99. The van der Waals surface area contributed by atoms with Crippen molar-refractivity contribution in [2.24, 2.45) is 0 Å². The molecule has 0 saturated heterocycles. The minimum absolute atomic E-state index is 0.108. The Hall–Kier alpha value is -3.13. The SMILES string of the molecule is CCCCCCSc1n[n+]2c(c(=O)[nH]1)-c1ccccc1N(C(C)=O)[C@@H]2c1ccc(N(C)C)cc1. The van der Waals surface area contributed by atoms with E-state index in [-0.39, 0.29) is 11.5 Å². The quantitative estimate of drug-likeness (QED) is 0.296.